The van der Waals surface area contributed by atoms with E-state index in [1.165, 1.54) is 32.1 Å². The van der Waals surface area contributed by atoms with E-state index < -0.39 is 0 Å². The molecule has 15 heavy (non-hydrogen) atoms. The van der Waals surface area contributed by atoms with Crippen LogP contribution in [-0.2, 0) is 9.53 Å². The van der Waals surface area contributed by atoms with Crippen LogP contribution < -0.4 is 0 Å². The number of esters is 1. The van der Waals surface area contributed by atoms with E-state index in [1.54, 1.807) is 0 Å². The summed E-state index contributed by atoms with van der Waals surface area (Å²) in [5, 5.41) is 0. The van der Waals surface area contributed by atoms with Crippen molar-refractivity contribution in [2.24, 2.45) is 5.92 Å². The molecule has 2 heteroatoms. The first-order valence-corrected chi connectivity index (χ1v) is 6.40. The molecule has 1 radical (unpaired) electrons. The second-order valence-electron chi connectivity index (χ2n) is 4.82. The van der Waals surface area contributed by atoms with Crippen LogP contribution >= 0.6 is 0 Å². The van der Waals surface area contributed by atoms with Crippen LogP contribution in [0.2, 0.25) is 0 Å². The van der Waals surface area contributed by atoms with Crippen LogP contribution in [0.1, 0.15) is 57.8 Å². The Morgan fingerprint density at radius 3 is 2.40 bits per heavy atom. The fraction of sp³-hybridized carbons (Fsp3) is 0.846. The van der Waals surface area contributed by atoms with E-state index in [2.05, 4.69) is 6.42 Å². The summed E-state index contributed by atoms with van der Waals surface area (Å²) >= 11 is 0. The second-order valence-corrected chi connectivity index (χ2v) is 4.82. The topological polar surface area (TPSA) is 26.3 Å². The van der Waals surface area contributed by atoms with Gasteiger partial charge in [-0.3, -0.25) is 4.79 Å². The first-order chi connectivity index (χ1) is 7.36. The Hall–Kier alpha value is -0.530. The number of hydrogen-bond donors (Lipinski definition) is 0. The summed E-state index contributed by atoms with van der Waals surface area (Å²) in [4.78, 5) is 11.8. The molecule has 2 aliphatic rings. The molecule has 2 aliphatic carbocycles. The summed E-state index contributed by atoms with van der Waals surface area (Å²) in [6, 6.07) is 0. The Morgan fingerprint density at radius 1 is 1.00 bits per heavy atom. The minimum absolute atomic E-state index is 0.0431. The zero-order valence-electron chi connectivity index (χ0n) is 9.41. The monoisotopic (exact) mass is 209 g/mol. The first kappa shape index (κ1) is 11.0. The molecule has 0 saturated heterocycles. The summed E-state index contributed by atoms with van der Waals surface area (Å²) in [6.07, 6.45) is 12.8. The van der Waals surface area contributed by atoms with Gasteiger partial charge in [-0.25, -0.2) is 0 Å². The Labute approximate surface area is 92.4 Å². The molecule has 2 rings (SSSR count). The molecular formula is C13H21O2. The van der Waals surface area contributed by atoms with Gasteiger partial charge in [0.1, 0.15) is 6.10 Å². The number of carbonyl (C=O) groups excluding carboxylic acids is 1. The van der Waals surface area contributed by atoms with Gasteiger partial charge in [-0.1, -0.05) is 19.3 Å². The molecule has 0 amide bonds. The van der Waals surface area contributed by atoms with E-state index in [0.717, 1.165) is 25.7 Å². The average molecular weight is 209 g/mol. The van der Waals surface area contributed by atoms with Gasteiger partial charge in [0.05, 0.1) is 5.92 Å². The van der Waals surface area contributed by atoms with Crippen LogP contribution in [0.15, 0.2) is 0 Å². The van der Waals surface area contributed by atoms with E-state index in [4.69, 9.17) is 4.74 Å². The van der Waals surface area contributed by atoms with Crippen LogP contribution in [0.4, 0.5) is 0 Å². The van der Waals surface area contributed by atoms with Crippen molar-refractivity contribution in [1.29, 1.82) is 0 Å². The minimum Gasteiger partial charge on any atom is -0.462 e. The van der Waals surface area contributed by atoms with Crippen LogP contribution in [0, 0.1) is 12.3 Å². The van der Waals surface area contributed by atoms with Gasteiger partial charge in [0.25, 0.3) is 0 Å². The highest BCUT2D eigenvalue weighted by Crippen LogP contribution is 2.26. The van der Waals surface area contributed by atoms with Crippen LogP contribution in [0.5, 0.6) is 0 Å². The molecule has 0 spiro atoms. The highest BCUT2D eigenvalue weighted by molar-refractivity contribution is 5.74. The summed E-state index contributed by atoms with van der Waals surface area (Å²) in [7, 11) is 0. The third-order valence-electron chi connectivity index (χ3n) is 3.56. The van der Waals surface area contributed by atoms with Gasteiger partial charge < -0.3 is 4.74 Å². The predicted molar refractivity (Wildman–Crippen MR) is 59.2 cm³/mol. The smallest absolute Gasteiger partial charge is 0.309 e. The molecule has 0 aromatic heterocycles. The first-order valence-electron chi connectivity index (χ1n) is 6.40. The molecule has 0 N–H and O–H groups in total. The zero-order chi connectivity index (χ0) is 10.5. The van der Waals surface area contributed by atoms with Gasteiger partial charge in [0, 0.05) is 0 Å². The van der Waals surface area contributed by atoms with E-state index in [1.807, 2.05) is 0 Å². The van der Waals surface area contributed by atoms with Gasteiger partial charge in [-0.05, 0) is 44.9 Å². The van der Waals surface area contributed by atoms with Crippen molar-refractivity contribution in [2.45, 2.75) is 63.9 Å². The van der Waals surface area contributed by atoms with E-state index in [9.17, 15) is 4.79 Å². The summed E-state index contributed by atoms with van der Waals surface area (Å²) in [5.41, 5.74) is 0. The maximum absolute atomic E-state index is 11.8. The number of ether oxygens (including phenoxy) is 1. The van der Waals surface area contributed by atoms with Crippen LogP contribution in [-0.4, -0.2) is 12.1 Å². The van der Waals surface area contributed by atoms with Crippen molar-refractivity contribution < 1.29 is 9.53 Å². The molecule has 0 heterocycles. The standard InChI is InChI=1S/C13H21O2/c14-13(11-7-3-1-4-8-11)15-12-9-5-2-6-10-12/h7,11-12H,1-6,8-10H2. The normalized spacial score (nSPS) is 25.1. The van der Waals surface area contributed by atoms with Crippen LogP contribution in [0.25, 0.3) is 0 Å². The fourth-order valence-electron chi connectivity index (χ4n) is 2.59. The number of rotatable bonds is 2. The quantitative estimate of drug-likeness (QED) is 0.652. The molecule has 2 saturated carbocycles. The van der Waals surface area contributed by atoms with Crippen molar-refractivity contribution in [3.63, 3.8) is 0 Å². The fourth-order valence-corrected chi connectivity index (χ4v) is 2.59. The lowest BCUT2D eigenvalue weighted by Crippen LogP contribution is -2.27. The molecule has 1 unspecified atom stereocenters. The molecule has 2 nitrogen and oxygen atoms in total. The third kappa shape index (κ3) is 3.22. The lowest BCUT2D eigenvalue weighted by atomic mass is 9.89. The Morgan fingerprint density at radius 2 is 1.73 bits per heavy atom. The summed E-state index contributed by atoms with van der Waals surface area (Å²) < 4.78 is 5.56. The van der Waals surface area contributed by atoms with Crippen LogP contribution in [0.3, 0.4) is 0 Å². The van der Waals surface area contributed by atoms with E-state index >= 15 is 0 Å². The van der Waals surface area contributed by atoms with Crippen molar-refractivity contribution in [2.75, 3.05) is 0 Å². The lowest BCUT2D eigenvalue weighted by Gasteiger charge is -2.26. The van der Waals surface area contributed by atoms with Crippen molar-refractivity contribution >= 4 is 5.97 Å². The molecule has 0 aliphatic heterocycles. The summed E-state index contributed by atoms with van der Waals surface area (Å²) in [6.45, 7) is 0. The van der Waals surface area contributed by atoms with Gasteiger partial charge in [0.15, 0.2) is 0 Å². The number of hydrogen-bond acceptors (Lipinski definition) is 2. The Balaban J connectivity index is 1.74. The summed E-state index contributed by atoms with van der Waals surface area (Å²) in [5.74, 6) is 0.141. The van der Waals surface area contributed by atoms with E-state index in [-0.39, 0.29) is 18.0 Å². The third-order valence-corrected chi connectivity index (χ3v) is 3.56. The molecule has 1 atom stereocenters. The van der Waals surface area contributed by atoms with Crippen molar-refractivity contribution in [3.05, 3.63) is 6.42 Å². The zero-order valence-corrected chi connectivity index (χ0v) is 9.41. The minimum atomic E-state index is 0.0431. The Kier molecular flexibility index (Phi) is 4.04. The highest BCUT2D eigenvalue weighted by Gasteiger charge is 2.26. The maximum atomic E-state index is 11.8. The second kappa shape index (κ2) is 5.53. The molecule has 0 bridgehead atoms. The lowest BCUT2D eigenvalue weighted by molar-refractivity contribution is -0.155. The van der Waals surface area contributed by atoms with Crippen molar-refractivity contribution in [1.82, 2.24) is 0 Å². The highest BCUT2D eigenvalue weighted by atomic mass is 16.5. The molecule has 0 aromatic carbocycles. The Bertz CT molecular complexity index is 201. The molecule has 85 valence electrons. The number of carbonyl (C=O) groups is 1. The van der Waals surface area contributed by atoms with Gasteiger partial charge >= 0.3 is 5.97 Å². The van der Waals surface area contributed by atoms with Gasteiger partial charge in [-0.15, -0.1) is 0 Å². The maximum Gasteiger partial charge on any atom is 0.309 e. The predicted octanol–water partition coefficient (Wildman–Crippen LogP) is 3.26. The van der Waals surface area contributed by atoms with E-state index in [0.29, 0.717) is 0 Å². The molecule has 2 fully saturated rings. The van der Waals surface area contributed by atoms with Gasteiger partial charge in [-0.2, -0.15) is 0 Å². The largest absolute Gasteiger partial charge is 0.462 e. The van der Waals surface area contributed by atoms with Gasteiger partial charge in [0.2, 0.25) is 0 Å². The molecule has 0 aromatic rings. The SMILES string of the molecule is O=C(OC1CCCCC1)C1[CH]CCCC1. The molecular weight excluding hydrogens is 188 g/mol. The van der Waals surface area contributed by atoms with Crippen molar-refractivity contribution in [3.8, 4) is 0 Å². The average Bonchev–Trinajstić information content (AvgIpc) is 2.31.